The first-order valence-corrected chi connectivity index (χ1v) is 6.26. The van der Waals surface area contributed by atoms with Crippen LogP contribution in [0.3, 0.4) is 0 Å². The summed E-state index contributed by atoms with van der Waals surface area (Å²) in [6.45, 7) is 11.3. The second kappa shape index (κ2) is 5.38. The van der Waals surface area contributed by atoms with Gasteiger partial charge in [-0.2, -0.15) is 0 Å². The second-order valence-corrected chi connectivity index (χ2v) is 4.89. The van der Waals surface area contributed by atoms with Crippen molar-refractivity contribution in [1.82, 2.24) is 4.90 Å². The Kier molecular flexibility index (Phi) is 4.40. The summed E-state index contributed by atoms with van der Waals surface area (Å²) < 4.78 is 0. The molecular weight excluding hydrogens is 194 g/mol. The summed E-state index contributed by atoms with van der Waals surface area (Å²) in [4.78, 5) is 2.24. The van der Waals surface area contributed by atoms with E-state index in [4.69, 9.17) is 0 Å². The molecule has 16 heavy (non-hydrogen) atoms. The minimum Gasteiger partial charge on any atom is -0.355 e. The maximum Gasteiger partial charge on any atom is 0.0177 e. The lowest BCUT2D eigenvalue weighted by atomic mass is 9.88. The second-order valence-electron chi connectivity index (χ2n) is 4.89. The first-order chi connectivity index (χ1) is 7.49. The lowest BCUT2D eigenvalue weighted by Crippen LogP contribution is -2.12. The molecule has 0 saturated heterocycles. The van der Waals surface area contributed by atoms with Gasteiger partial charge in [0.2, 0.25) is 0 Å². The Balaban J connectivity index is 3.22. The molecule has 0 aromatic heterocycles. The molecule has 1 rings (SSSR count). The minimum absolute atomic E-state index is 0.627. The first kappa shape index (κ1) is 13.1. The van der Waals surface area contributed by atoms with Crippen molar-refractivity contribution < 1.29 is 0 Å². The zero-order valence-corrected chi connectivity index (χ0v) is 11.6. The summed E-state index contributed by atoms with van der Waals surface area (Å²) in [5, 5.41) is 0. The van der Waals surface area contributed by atoms with Gasteiger partial charge in [-0.05, 0) is 56.9 Å². The molecule has 1 heteroatoms. The molecule has 0 fully saturated rings. The van der Waals surface area contributed by atoms with Gasteiger partial charge in [0.25, 0.3) is 0 Å². The van der Waals surface area contributed by atoms with Gasteiger partial charge < -0.3 is 4.90 Å². The third-order valence-electron chi connectivity index (χ3n) is 3.80. The molecule has 0 saturated carbocycles. The van der Waals surface area contributed by atoms with E-state index in [0.717, 1.165) is 12.8 Å². The minimum atomic E-state index is 0.627. The average Bonchev–Trinajstić information content (AvgIpc) is 2.38. The van der Waals surface area contributed by atoms with Gasteiger partial charge >= 0.3 is 0 Å². The Bertz CT molecular complexity index is 344. The molecule has 1 nitrogen and oxygen atoms in total. The molecule has 0 spiro atoms. The van der Waals surface area contributed by atoms with Crippen LogP contribution in [-0.2, 0) is 0 Å². The van der Waals surface area contributed by atoms with Crippen LogP contribution >= 0.6 is 0 Å². The predicted molar refractivity (Wildman–Crippen MR) is 72.0 cm³/mol. The van der Waals surface area contributed by atoms with Gasteiger partial charge in [-0.15, -0.1) is 0 Å². The summed E-state index contributed by atoms with van der Waals surface area (Å²) in [6, 6.07) is 0. The summed E-state index contributed by atoms with van der Waals surface area (Å²) in [6.07, 6.45) is 6.75. The van der Waals surface area contributed by atoms with Crippen LogP contribution in [0.15, 0.2) is 34.7 Å². The monoisotopic (exact) mass is 219 g/mol. The third kappa shape index (κ3) is 2.58. The van der Waals surface area contributed by atoms with Crippen molar-refractivity contribution in [2.75, 3.05) is 7.05 Å². The molecule has 0 radical (unpaired) electrons. The molecule has 1 heterocycles. The van der Waals surface area contributed by atoms with E-state index in [-0.39, 0.29) is 0 Å². The van der Waals surface area contributed by atoms with E-state index in [9.17, 15) is 0 Å². The highest BCUT2D eigenvalue weighted by atomic mass is 15.1. The normalized spacial score (nSPS) is 23.4. The first-order valence-electron chi connectivity index (χ1n) is 6.26. The fourth-order valence-electron chi connectivity index (χ4n) is 2.34. The standard InChI is InChI=1S/C15H25N/c1-7-11(2)13(4)15-12(3)9-8-10-16(6)14(15)5/h8,10,12H,7,9H2,1-6H3/b13-11+. The molecular formula is C15H25N. The number of hydrogen-bond donors (Lipinski definition) is 0. The fourth-order valence-corrected chi connectivity index (χ4v) is 2.34. The van der Waals surface area contributed by atoms with Crippen molar-refractivity contribution in [3.63, 3.8) is 0 Å². The van der Waals surface area contributed by atoms with Gasteiger partial charge in [0.15, 0.2) is 0 Å². The predicted octanol–water partition coefficient (Wildman–Crippen LogP) is 4.49. The van der Waals surface area contributed by atoms with E-state index in [1.807, 2.05) is 0 Å². The van der Waals surface area contributed by atoms with Crippen LogP contribution in [0.2, 0.25) is 0 Å². The Hall–Kier alpha value is -0.980. The SMILES string of the molecule is CC/C(C)=C(\C)C1=C(C)N(C)C=CCC1C. The van der Waals surface area contributed by atoms with E-state index in [1.165, 1.54) is 22.4 Å². The van der Waals surface area contributed by atoms with E-state index < -0.39 is 0 Å². The molecule has 1 unspecified atom stereocenters. The van der Waals surface area contributed by atoms with Gasteiger partial charge in [-0.3, -0.25) is 0 Å². The van der Waals surface area contributed by atoms with Gasteiger partial charge in [0, 0.05) is 12.7 Å². The van der Waals surface area contributed by atoms with E-state index in [2.05, 4.69) is 58.8 Å². The summed E-state index contributed by atoms with van der Waals surface area (Å²) >= 11 is 0. The van der Waals surface area contributed by atoms with Crippen molar-refractivity contribution >= 4 is 0 Å². The molecule has 0 bridgehead atoms. The summed E-state index contributed by atoms with van der Waals surface area (Å²) in [5.74, 6) is 0.627. The van der Waals surface area contributed by atoms with E-state index in [0.29, 0.717) is 5.92 Å². The Labute approximate surface area is 101 Å². The molecule has 1 aliphatic heterocycles. The Morgan fingerprint density at radius 1 is 1.44 bits per heavy atom. The van der Waals surface area contributed by atoms with E-state index in [1.54, 1.807) is 0 Å². The molecule has 90 valence electrons. The Morgan fingerprint density at radius 2 is 2.06 bits per heavy atom. The highest BCUT2D eigenvalue weighted by molar-refractivity contribution is 5.39. The summed E-state index contributed by atoms with van der Waals surface area (Å²) in [7, 11) is 2.14. The van der Waals surface area contributed by atoms with Crippen molar-refractivity contribution in [2.24, 2.45) is 5.92 Å². The largest absolute Gasteiger partial charge is 0.355 e. The van der Waals surface area contributed by atoms with Crippen LogP contribution < -0.4 is 0 Å². The maximum absolute atomic E-state index is 2.33. The van der Waals surface area contributed by atoms with Crippen molar-refractivity contribution in [2.45, 2.75) is 47.5 Å². The van der Waals surface area contributed by atoms with Crippen LogP contribution in [0.25, 0.3) is 0 Å². The van der Waals surface area contributed by atoms with Crippen molar-refractivity contribution in [1.29, 1.82) is 0 Å². The molecule has 0 aromatic carbocycles. The molecule has 0 amide bonds. The third-order valence-corrected chi connectivity index (χ3v) is 3.80. The molecule has 0 N–H and O–H groups in total. The highest BCUT2D eigenvalue weighted by Gasteiger charge is 2.17. The van der Waals surface area contributed by atoms with Crippen LogP contribution in [0, 0.1) is 5.92 Å². The number of rotatable bonds is 2. The highest BCUT2D eigenvalue weighted by Crippen LogP contribution is 2.32. The number of allylic oxidation sites excluding steroid dienone is 5. The van der Waals surface area contributed by atoms with Crippen molar-refractivity contribution in [3.8, 4) is 0 Å². The van der Waals surface area contributed by atoms with Crippen molar-refractivity contribution in [3.05, 3.63) is 34.7 Å². The molecule has 0 aliphatic carbocycles. The smallest absolute Gasteiger partial charge is 0.0177 e. The van der Waals surface area contributed by atoms with Gasteiger partial charge in [0.05, 0.1) is 0 Å². The van der Waals surface area contributed by atoms with Crippen LogP contribution in [0.4, 0.5) is 0 Å². The topological polar surface area (TPSA) is 3.24 Å². The zero-order valence-electron chi connectivity index (χ0n) is 11.6. The van der Waals surface area contributed by atoms with Gasteiger partial charge in [-0.25, -0.2) is 0 Å². The molecule has 1 atom stereocenters. The van der Waals surface area contributed by atoms with Crippen LogP contribution in [-0.4, -0.2) is 11.9 Å². The van der Waals surface area contributed by atoms with Gasteiger partial charge in [-0.1, -0.05) is 25.5 Å². The van der Waals surface area contributed by atoms with E-state index >= 15 is 0 Å². The maximum atomic E-state index is 2.33. The van der Waals surface area contributed by atoms with Gasteiger partial charge in [0.1, 0.15) is 0 Å². The zero-order chi connectivity index (χ0) is 12.3. The average molecular weight is 219 g/mol. The molecule has 0 aromatic rings. The number of hydrogen-bond acceptors (Lipinski definition) is 1. The lowest BCUT2D eigenvalue weighted by Gasteiger charge is -2.23. The van der Waals surface area contributed by atoms with Crippen LogP contribution in [0.5, 0.6) is 0 Å². The van der Waals surface area contributed by atoms with Crippen LogP contribution in [0.1, 0.15) is 47.5 Å². The fraction of sp³-hybridized carbons (Fsp3) is 0.600. The lowest BCUT2D eigenvalue weighted by molar-refractivity contribution is 0.557. The number of nitrogens with zero attached hydrogens (tertiary/aromatic N) is 1. The molecule has 1 aliphatic rings. The quantitative estimate of drug-likeness (QED) is 0.661. The Morgan fingerprint density at radius 3 is 2.62 bits per heavy atom. The summed E-state index contributed by atoms with van der Waals surface area (Å²) in [5.41, 5.74) is 5.93.